The van der Waals surface area contributed by atoms with Crippen molar-refractivity contribution in [2.45, 2.75) is 0 Å². The molecule has 0 nitrogen and oxygen atoms in total. The van der Waals surface area contributed by atoms with E-state index in [1.54, 1.807) is 0 Å². The SMILES string of the molecule is [B]c1c2ccccc2c(-c2ccc3ccccc3c2)c2ccc(-c3ccc4ccccc4c3)cc12. The first-order valence-electron chi connectivity index (χ1n) is 12.0. The van der Waals surface area contributed by atoms with Crippen molar-refractivity contribution in [3.63, 3.8) is 0 Å². The number of hydrogen-bond acceptors (Lipinski definition) is 0. The van der Waals surface area contributed by atoms with E-state index >= 15 is 0 Å². The summed E-state index contributed by atoms with van der Waals surface area (Å²) < 4.78 is 0. The van der Waals surface area contributed by atoms with Gasteiger partial charge in [0.05, 0.1) is 0 Å². The first-order chi connectivity index (χ1) is 17.3. The lowest BCUT2D eigenvalue weighted by Crippen LogP contribution is -2.07. The Labute approximate surface area is 205 Å². The number of hydrogen-bond donors (Lipinski definition) is 0. The lowest BCUT2D eigenvalue weighted by molar-refractivity contribution is 1.67. The van der Waals surface area contributed by atoms with Crippen LogP contribution in [0.15, 0.2) is 127 Å². The Morgan fingerprint density at radius 2 is 0.829 bits per heavy atom. The minimum atomic E-state index is 0.836. The van der Waals surface area contributed by atoms with Crippen LogP contribution in [-0.2, 0) is 0 Å². The van der Waals surface area contributed by atoms with E-state index in [0.29, 0.717) is 0 Å². The van der Waals surface area contributed by atoms with Gasteiger partial charge in [-0.25, -0.2) is 0 Å². The molecule has 0 aliphatic rings. The van der Waals surface area contributed by atoms with Gasteiger partial charge in [0.15, 0.2) is 0 Å². The molecule has 7 aromatic carbocycles. The first kappa shape index (κ1) is 20.1. The van der Waals surface area contributed by atoms with Crippen LogP contribution in [0.3, 0.4) is 0 Å². The van der Waals surface area contributed by atoms with E-state index in [-0.39, 0.29) is 0 Å². The second kappa shape index (κ2) is 7.86. The van der Waals surface area contributed by atoms with Gasteiger partial charge in [0.2, 0.25) is 0 Å². The largest absolute Gasteiger partial charge is 0.115 e. The monoisotopic (exact) mass is 440 g/mol. The normalized spacial score (nSPS) is 11.5. The van der Waals surface area contributed by atoms with E-state index in [2.05, 4.69) is 127 Å². The lowest BCUT2D eigenvalue weighted by atomic mass is 9.80. The van der Waals surface area contributed by atoms with Gasteiger partial charge in [-0.05, 0) is 83.5 Å². The second-order valence-electron chi connectivity index (χ2n) is 9.22. The van der Waals surface area contributed by atoms with E-state index in [1.165, 1.54) is 54.6 Å². The van der Waals surface area contributed by atoms with E-state index in [9.17, 15) is 0 Å². The molecule has 0 amide bonds. The molecule has 7 rings (SSSR count). The third-order valence-corrected chi connectivity index (χ3v) is 7.19. The van der Waals surface area contributed by atoms with Crippen LogP contribution in [0.1, 0.15) is 0 Å². The topological polar surface area (TPSA) is 0 Å². The van der Waals surface area contributed by atoms with Crippen molar-refractivity contribution >= 4 is 56.4 Å². The molecule has 0 bridgehead atoms. The molecule has 7 aromatic rings. The van der Waals surface area contributed by atoms with Gasteiger partial charge in [-0.15, -0.1) is 0 Å². The Balaban J connectivity index is 1.52. The summed E-state index contributed by atoms with van der Waals surface area (Å²) in [6.07, 6.45) is 0. The molecule has 0 heterocycles. The fourth-order valence-corrected chi connectivity index (χ4v) is 5.42. The maximum atomic E-state index is 6.83. The zero-order chi connectivity index (χ0) is 23.4. The van der Waals surface area contributed by atoms with E-state index in [1.807, 2.05) is 0 Å². The minimum Gasteiger partial charge on any atom is -0.0812 e. The van der Waals surface area contributed by atoms with Crippen LogP contribution >= 0.6 is 0 Å². The molecule has 0 N–H and O–H groups in total. The van der Waals surface area contributed by atoms with Crippen LogP contribution in [0.4, 0.5) is 0 Å². The molecule has 0 saturated carbocycles. The maximum absolute atomic E-state index is 6.83. The number of rotatable bonds is 2. The third kappa shape index (κ3) is 3.24. The molecule has 0 aromatic heterocycles. The summed E-state index contributed by atoms with van der Waals surface area (Å²) in [5.74, 6) is 0. The van der Waals surface area contributed by atoms with Crippen molar-refractivity contribution in [3.05, 3.63) is 127 Å². The van der Waals surface area contributed by atoms with Crippen molar-refractivity contribution in [1.82, 2.24) is 0 Å². The molecule has 2 radical (unpaired) electrons. The highest BCUT2D eigenvalue weighted by Gasteiger charge is 2.14. The molecule has 0 spiro atoms. The van der Waals surface area contributed by atoms with Gasteiger partial charge < -0.3 is 0 Å². The molecule has 1 heteroatoms. The smallest absolute Gasteiger partial charge is 0.0812 e. The average molecular weight is 440 g/mol. The third-order valence-electron chi connectivity index (χ3n) is 7.19. The summed E-state index contributed by atoms with van der Waals surface area (Å²) in [7, 11) is 6.83. The van der Waals surface area contributed by atoms with Crippen LogP contribution < -0.4 is 5.46 Å². The maximum Gasteiger partial charge on any atom is 0.115 e. The van der Waals surface area contributed by atoms with Crippen molar-refractivity contribution in [2.24, 2.45) is 0 Å². The van der Waals surface area contributed by atoms with Gasteiger partial charge in [-0.1, -0.05) is 115 Å². The lowest BCUT2D eigenvalue weighted by Gasteiger charge is -2.17. The summed E-state index contributed by atoms with van der Waals surface area (Å²) in [5.41, 5.74) is 5.66. The zero-order valence-electron chi connectivity index (χ0n) is 19.2. The summed E-state index contributed by atoms with van der Waals surface area (Å²) in [4.78, 5) is 0. The fourth-order valence-electron chi connectivity index (χ4n) is 5.42. The van der Waals surface area contributed by atoms with Crippen molar-refractivity contribution in [3.8, 4) is 22.3 Å². The van der Waals surface area contributed by atoms with Gasteiger partial charge in [0.1, 0.15) is 7.85 Å². The average Bonchev–Trinajstić information content (AvgIpc) is 2.93. The standard InChI is InChI=1S/C34H21B/c35-34-31-12-6-5-11-29(31)33(28-16-14-23-8-2-4-10-25(23)20-28)30-18-17-27(21-32(30)34)26-15-13-22-7-1-3-9-24(22)19-26/h1-21H. The summed E-state index contributed by atoms with van der Waals surface area (Å²) in [6, 6.07) is 45.6. The van der Waals surface area contributed by atoms with Crippen LogP contribution in [-0.4, -0.2) is 7.85 Å². The minimum absolute atomic E-state index is 0.836. The van der Waals surface area contributed by atoms with Gasteiger partial charge >= 0.3 is 0 Å². The molecule has 0 aliphatic carbocycles. The summed E-state index contributed by atoms with van der Waals surface area (Å²) >= 11 is 0. The Kier molecular flexibility index (Phi) is 4.50. The first-order valence-corrected chi connectivity index (χ1v) is 12.0. The predicted molar refractivity (Wildman–Crippen MR) is 153 cm³/mol. The molecule has 0 aliphatic heterocycles. The zero-order valence-corrected chi connectivity index (χ0v) is 19.2. The highest BCUT2D eigenvalue weighted by atomic mass is 14.2. The fraction of sp³-hybridized carbons (Fsp3) is 0. The Hall–Kier alpha value is -4.36. The molecule has 0 saturated heterocycles. The highest BCUT2D eigenvalue weighted by Crippen LogP contribution is 2.38. The molecule has 35 heavy (non-hydrogen) atoms. The molecule has 160 valence electrons. The molecular weight excluding hydrogens is 419 g/mol. The number of benzene rings is 7. The number of fused-ring (bicyclic) bond motifs is 4. The van der Waals surface area contributed by atoms with Crippen LogP contribution in [0.25, 0.3) is 65.3 Å². The van der Waals surface area contributed by atoms with Crippen molar-refractivity contribution in [1.29, 1.82) is 0 Å². The van der Waals surface area contributed by atoms with Crippen LogP contribution in [0.5, 0.6) is 0 Å². The highest BCUT2D eigenvalue weighted by molar-refractivity contribution is 6.47. The summed E-state index contributed by atoms with van der Waals surface area (Å²) in [5, 5.41) is 9.55. The Morgan fingerprint density at radius 3 is 1.54 bits per heavy atom. The van der Waals surface area contributed by atoms with Gasteiger partial charge in [0, 0.05) is 0 Å². The molecular formula is C34H21B. The van der Waals surface area contributed by atoms with E-state index in [4.69, 9.17) is 7.85 Å². The molecule has 0 fully saturated rings. The summed E-state index contributed by atoms with van der Waals surface area (Å²) in [6.45, 7) is 0. The molecule has 0 atom stereocenters. The Morgan fingerprint density at radius 1 is 0.343 bits per heavy atom. The van der Waals surface area contributed by atoms with Crippen molar-refractivity contribution < 1.29 is 0 Å². The Bertz CT molecular complexity index is 1910. The van der Waals surface area contributed by atoms with E-state index in [0.717, 1.165) is 16.2 Å². The predicted octanol–water partition coefficient (Wildman–Crippen LogP) is 8.43. The van der Waals surface area contributed by atoms with Gasteiger partial charge in [-0.3, -0.25) is 0 Å². The molecule has 0 unspecified atom stereocenters. The quantitative estimate of drug-likeness (QED) is 0.187. The van der Waals surface area contributed by atoms with Gasteiger partial charge in [0.25, 0.3) is 0 Å². The van der Waals surface area contributed by atoms with Gasteiger partial charge in [-0.2, -0.15) is 0 Å². The van der Waals surface area contributed by atoms with Crippen LogP contribution in [0.2, 0.25) is 0 Å². The van der Waals surface area contributed by atoms with Crippen LogP contribution in [0, 0.1) is 0 Å². The van der Waals surface area contributed by atoms with E-state index < -0.39 is 0 Å². The van der Waals surface area contributed by atoms with Crippen molar-refractivity contribution in [2.75, 3.05) is 0 Å². The second-order valence-corrected chi connectivity index (χ2v) is 9.22.